The molecule has 0 spiro atoms. The molecule has 1 aromatic rings. The molecule has 1 saturated carbocycles. The van der Waals surface area contributed by atoms with Crippen LogP contribution in [0.4, 0.5) is 5.88 Å². The zero-order valence-corrected chi connectivity index (χ0v) is 11.1. The predicted molar refractivity (Wildman–Crippen MR) is 69.7 cm³/mol. The van der Waals surface area contributed by atoms with Gasteiger partial charge in [-0.25, -0.2) is 0 Å². The molecule has 0 saturated heterocycles. The third-order valence-corrected chi connectivity index (χ3v) is 3.79. The van der Waals surface area contributed by atoms with Gasteiger partial charge < -0.3 is 14.8 Å². The number of rotatable bonds is 5. The Balaban J connectivity index is 1.78. The van der Waals surface area contributed by atoms with Gasteiger partial charge in [-0.3, -0.25) is 10.1 Å². The van der Waals surface area contributed by atoms with Crippen molar-refractivity contribution in [3.05, 3.63) is 28.0 Å². The molecule has 1 aliphatic carbocycles. The second kappa shape index (κ2) is 5.71. The van der Waals surface area contributed by atoms with E-state index in [-0.39, 0.29) is 5.88 Å². The van der Waals surface area contributed by atoms with Crippen LogP contribution in [0.15, 0.2) is 16.5 Å². The number of aliphatic hydroxyl groups is 1. The summed E-state index contributed by atoms with van der Waals surface area (Å²) >= 11 is 0. The standard InChI is InChI=1S/C13H20N2O4/c1-10-4-6-13(16,7-5-10)9-14-8-11-2-3-12(19-11)15(17)18/h2-3,10,14,16H,4-9H2,1H3. The van der Waals surface area contributed by atoms with Gasteiger partial charge in [-0.05, 0) is 37.7 Å². The monoisotopic (exact) mass is 268 g/mol. The van der Waals surface area contributed by atoms with Crippen LogP contribution in [0.25, 0.3) is 0 Å². The molecule has 0 aromatic carbocycles. The summed E-state index contributed by atoms with van der Waals surface area (Å²) in [5, 5.41) is 23.9. The fourth-order valence-corrected chi connectivity index (χ4v) is 2.45. The first-order chi connectivity index (χ1) is 8.98. The lowest BCUT2D eigenvalue weighted by Gasteiger charge is -2.35. The van der Waals surface area contributed by atoms with Crippen LogP contribution in [-0.4, -0.2) is 22.2 Å². The maximum absolute atomic E-state index is 10.5. The molecule has 0 unspecified atom stereocenters. The number of hydrogen-bond acceptors (Lipinski definition) is 5. The van der Waals surface area contributed by atoms with Crippen molar-refractivity contribution in [3.63, 3.8) is 0 Å². The van der Waals surface area contributed by atoms with Gasteiger partial charge in [0.1, 0.15) is 10.7 Å². The highest BCUT2D eigenvalue weighted by molar-refractivity contribution is 5.17. The summed E-state index contributed by atoms with van der Waals surface area (Å²) in [6, 6.07) is 2.92. The van der Waals surface area contributed by atoms with Gasteiger partial charge in [0.25, 0.3) is 0 Å². The minimum absolute atomic E-state index is 0.248. The van der Waals surface area contributed by atoms with E-state index in [1.54, 1.807) is 6.07 Å². The van der Waals surface area contributed by atoms with Gasteiger partial charge >= 0.3 is 5.88 Å². The molecule has 19 heavy (non-hydrogen) atoms. The summed E-state index contributed by atoms with van der Waals surface area (Å²) in [6.07, 6.45) is 3.70. The van der Waals surface area contributed by atoms with E-state index in [0.29, 0.717) is 24.8 Å². The lowest BCUT2D eigenvalue weighted by molar-refractivity contribution is -0.402. The van der Waals surface area contributed by atoms with Crippen LogP contribution in [0.2, 0.25) is 0 Å². The Bertz CT molecular complexity index is 436. The lowest BCUT2D eigenvalue weighted by Crippen LogP contribution is -2.43. The van der Waals surface area contributed by atoms with Gasteiger partial charge in [0.15, 0.2) is 0 Å². The third kappa shape index (κ3) is 3.78. The van der Waals surface area contributed by atoms with Gasteiger partial charge in [0.05, 0.1) is 18.2 Å². The quantitative estimate of drug-likeness (QED) is 0.631. The summed E-state index contributed by atoms with van der Waals surface area (Å²) in [5.41, 5.74) is -0.648. The molecule has 1 aliphatic rings. The summed E-state index contributed by atoms with van der Waals surface area (Å²) in [5.74, 6) is 0.953. The maximum Gasteiger partial charge on any atom is 0.433 e. The summed E-state index contributed by atoms with van der Waals surface area (Å²) < 4.78 is 5.04. The zero-order valence-electron chi connectivity index (χ0n) is 11.1. The van der Waals surface area contributed by atoms with Crippen LogP contribution in [-0.2, 0) is 6.54 Å². The second-order valence-corrected chi connectivity index (χ2v) is 5.51. The third-order valence-electron chi connectivity index (χ3n) is 3.79. The molecule has 1 heterocycles. The first kappa shape index (κ1) is 14.0. The van der Waals surface area contributed by atoms with Crippen molar-refractivity contribution in [2.24, 2.45) is 5.92 Å². The predicted octanol–water partition coefficient (Wildman–Crippen LogP) is 2.22. The first-order valence-electron chi connectivity index (χ1n) is 6.65. The van der Waals surface area contributed by atoms with Crippen LogP contribution in [0, 0.1) is 16.0 Å². The van der Waals surface area contributed by atoms with Gasteiger partial charge in [-0.2, -0.15) is 0 Å². The normalized spacial score (nSPS) is 27.4. The summed E-state index contributed by atoms with van der Waals surface area (Å²) in [4.78, 5) is 9.91. The first-order valence-corrected chi connectivity index (χ1v) is 6.65. The van der Waals surface area contributed by atoms with E-state index >= 15 is 0 Å². The molecule has 106 valence electrons. The van der Waals surface area contributed by atoms with E-state index in [1.165, 1.54) is 6.07 Å². The number of hydrogen-bond donors (Lipinski definition) is 2. The lowest BCUT2D eigenvalue weighted by atomic mass is 9.79. The fourth-order valence-electron chi connectivity index (χ4n) is 2.45. The van der Waals surface area contributed by atoms with Crippen LogP contribution >= 0.6 is 0 Å². The van der Waals surface area contributed by atoms with Crippen LogP contribution in [0.5, 0.6) is 0 Å². The van der Waals surface area contributed by atoms with Crippen molar-refractivity contribution in [2.45, 2.75) is 44.8 Å². The Hall–Kier alpha value is -1.40. The minimum atomic E-state index is -0.648. The van der Waals surface area contributed by atoms with Crippen molar-refractivity contribution >= 4 is 5.88 Å². The fraction of sp³-hybridized carbons (Fsp3) is 0.692. The molecule has 0 bridgehead atoms. The Labute approximate surface area is 112 Å². The van der Waals surface area contributed by atoms with E-state index in [4.69, 9.17) is 4.42 Å². The van der Waals surface area contributed by atoms with E-state index in [9.17, 15) is 15.2 Å². The number of nitrogens with zero attached hydrogens (tertiary/aromatic N) is 1. The summed E-state index contributed by atoms with van der Waals surface area (Å²) in [6.45, 7) is 3.09. The van der Waals surface area contributed by atoms with Gasteiger partial charge in [0, 0.05) is 6.54 Å². The molecule has 6 heteroatoms. The molecule has 2 rings (SSSR count). The Kier molecular flexibility index (Phi) is 4.21. The SMILES string of the molecule is CC1CCC(O)(CNCc2ccc([N+](=O)[O-])o2)CC1. The van der Waals surface area contributed by atoms with Gasteiger partial charge in [-0.15, -0.1) is 0 Å². The molecule has 0 atom stereocenters. The Morgan fingerprint density at radius 2 is 2.21 bits per heavy atom. The molecule has 0 amide bonds. The van der Waals surface area contributed by atoms with Gasteiger partial charge in [0.2, 0.25) is 0 Å². The van der Waals surface area contributed by atoms with Crippen LogP contribution < -0.4 is 5.32 Å². The van der Waals surface area contributed by atoms with E-state index in [1.807, 2.05) is 0 Å². The number of furan rings is 1. The van der Waals surface area contributed by atoms with E-state index < -0.39 is 10.5 Å². The highest BCUT2D eigenvalue weighted by Gasteiger charge is 2.31. The highest BCUT2D eigenvalue weighted by atomic mass is 16.6. The maximum atomic E-state index is 10.5. The van der Waals surface area contributed by atoms with Gasteiger partial charge in [-0.1, -0.05) is 6.92 Å². The van der Waals surface area contributed by atoms with Crippen LogP contribution in [0.1, 0.15) is 38.4 Å². The Morgan fingerprint density at radius 3 is 2.79 bits per heavy atom. The van der Waals surface area contributed by atoms with Crippen molar-refractivity contribution < 1.29 is 14.4 Å². The second-order valence-electron chi connectivity index (χ2n) is 5.51. The molecule has 1 fully saturated rings. The van der Waals surface area contributed by atoms with Crippen molar-refractivity contribution in [2.75, 3.05) is 6.54 Å². The van der Waals surface area contributed by atoms with Crippen molar-refractivity contribution in [3.8, 4) is 0 Å². The molecule has 6 nitrogen and oxygen atoms in total. The largest absolute Gasteiger partial charge is 0.433 e. The van der Waals surface area contributed by atoms with Crippen molar-refractivity contribution in [1.29, 1.82) is 0 Å². The topological polar surface area (TPSA) is 88.5 Å². The van der Waals surface area contributed by atoms with E-state index in [2.05, 4.69) is 12.2 Å². The number of nitrogens with one attached hydrogen (secondary N) is 1. The van der Waals surface area contributed by atoms with E-state index in [0.717, 1.165) is 25.7 Å². The summed E-state index contributed by atoms with van der Waals surface area (Å²) in [7, 11) is 0. The highest BCUT2D eigenvalue weighted by Crippen LogP contribution is 2.31. The average Bonchev–Trinajstić information content (AvgIpc) is 2.82. The van der Waals surface area contributed by atoms with Crippen molar-refractivity contribution in [1.82, 2.24) is 5.32 Å². The minimum Gasteiger partial charge on any atom is -0.404 e. The average molecular weight is 268 g/mol. The molecular formula is C13H20N2O4. The molecule has 0 aliphatic heterocycles. The number of nitro groups is 1. The smallest absolute Gasteiger partial charge is 0.404 e. The Morgan fingerprint density at radius 1 is 1.53 bits per heavy atom. The molecular weight excluding hydrogens is 248 g/mol. The zero-order chi connectivity index (χ0) is 13.9. The molecule has 2 N–H and O–H groups in total. The van der Waals surface area contributed by atoms with Crippen LogP contribution in [0.3, 0.4) is 0 Å². The molecule has 0 radical (unpaired) electrons. The molecule has 1 aromatic heterocycles.